The zero-order valence-corrected chi connectivity index (χ0v) is 9.46. The summed E-state index contributed by atoms with van der Waals surface area (Å²) in [6, 6.07) is 7.86. The van der Waals surface area contributed by atoms with Crippen LogP contribution in [-0.2, 0) is 0 Å². The Kier molecular flexibility index (Phi) is 2.85. The molecule has 1 atom stereocenters. The van der Waals surface area contributed by atoms with Gasteiger partial charge in [-0.05, 0) is 48.0 Å². The molecule has 0 saturated carbocycles. The van der Waals surface area contributed by atoms with Crippen LogP contribution in [0.4, 0.5) is 5.69 Å². The van der Waals surface area contributed by atoms with E-state index in [2.05, 4.69) is 29.4 Å². The maximum Gasteiger partial charge on any atom is 0.182 e. The molecule has 1 aromatic carbocycles. The molecule has 0 spiro atoms. The minimum absolute atomic E-state index is 0.294. The van der Waals surface area contributed by atoms with E-state index in [0.29, 0.717) is 6.04 Å². The van der Waals surface area contributed by atoms with Crippen molar-refractivity contribution in [2.24, 2.45) is 0 Å². The van der Waals surface area contributed by atoms with E-state index in [1.54, 1.807) is 0 Å². The number of hydrogen-bond donors (Lipinski definition) is 1. The van der Waals surface area contributed by atoms with Crippen molar-refractivity contribution in [3.63, 3.8) is 0 Å². The largest absolute Gasteiger partial charge is 0.399 e. The van der Waals surface area contributed by atoms with Gasteiger partial charge in [-0.15, -0.1) is 5.10 Å². The van der Waals surface area contributed by atoms with Crippen LogP contribution in [0.2, 0.25) is 0 Å². The SMILES string of the molecule is CCC(C)n1nnnc1-c1ccc(N)cc1. The molecule has 5 nitrogen and oxygen atoms in total. The number of hydrogen-bond acceptors (Lipinski definition) is 4. The highest BCUT2D eigenvalue weighted by atomic mass is 15.5. The summed E-state index contributed by atoms with van der Waals surface area (Å²) in [5.41, 5.74) is 7.37. The smallest absolute Gasteiger partial charge is 0.182 e. The number of benzene rings is 1. The van der Waals surface area contributed by atoms with Gasteiger partial charge in [-0.3, -0.25) is 0 Å². The highest BCUT2D eigenvalue weighted by Crippen LogP contribution is 2.21. The number of anilines is 1. The van der Waals surface area contributed by atoms with E-state index in [1.165, 1.54) is 0 Å². The molecule has 0 amide bonds. The predicted molar refractivity (Wildman–Crippen MR) is 62.7 cm³/mol. The van der Waals surface area contributed by atoms with Crippen molar-refractivity contribution in [3.05, 3.63) is 24.3 Å². The van der Waals surface area contributed by atoms with Crippen LogP contribution < -0.4 is 5.73 Å². The number of nitrogen functional groups attached to an aromatic ring is 1. The molecule has 0 radical (unpaired) electrons. The van der Waals surface area contributed by atoms with Gasteiger partial charge in [0.05, 0.1) is 6.04 Å². The molecule has 0 aliphatic rings. The highest BCUT2D eigenvalue weighted by Gasteiger charge is 2.12. The Bertz CT molecular complexity index is 459. The Morgan fingerprint density at radius 1 is 1.31 bits per heavy atom. The lowest BCUT2D eigenvalue weighted by Crippen LogP contribution is -2.07. The molecular formula is C11H15N5. The molecule has 84 valence electrons. The van der Waals surface area contributed by atoms with E-state index in [0.717, 1.165) is 23.5 Å². The molecule has 0 aliphatic carbocycles. The van der Waals surface area contributed by atoms with Crippen LogP contribution in [0.15, 0.2) is 24.3 Å². The molecule has 16 heavy (non-hydrogen) atoms. The summed E-state index contributed by atoms with van der Waals surface area (Å²) in [5.74, 6) is 0.786. The Labute approximate surface area is 94.3 Å². The van der Waals surface area contributed by atoms with E-state index in [1.807, 2.05) is 28.9 Å². The van der Waals surface area contributed by atoms with Crippen LogP contribution in [0.1, 0.15) is 26.3 Å². The van der Waals surface area contributed by atoms with Crippen molar-refractivity contribution in [2.45, 2.75) is 26.3 Å². The van der Waals surface area contributed by atoms with Crippen LogP contribution in [0, 0.1) is 0 Å². The van der Waals surface area contributed by atoms with Crippen molar-refractivity contribution in [2.75, 3.05) is 5.73 Å². The summed E-state index contributed by atoms with van der Waals surface area (Å²) in [4.78, 5) is 0. The first-order valence-electron chi connectivity index (χ1n) is 5.36. The standard InChI is InChI=1S/C11H15N5/c1-3-8(2)16-11(13-14-15-16)9-4-6-10(12)7-5-9/h4-8H,3,12H2,1-2H3. The summed E-state index contributed by atoms with van der Waals surface area (Å²) < 4.78 is 1.84. The van der Waals surface area contributed by atoms with Crippen molar-refractivity contribution in [1.29, 1.82) is 0 Å². The molecule has 2 rings (SSSR count). The Balaban J connectivity index is 2.40. The zero-order chi connectivity index (χ0) is 11.5. The second-order valence-corrected chi connectivity index (χ2v) is 3.83. The van der Waals surface area contributed by atoms with Crippen molar-refractivity contribution < 1.29 is 0 Å². The van der Waals surface area contributed by atoms with Crippen LogP contribution in [-0.4, -0.2) is 20.2 Å². The maximum absolute atomic E-state index is 5.65. The van der Waals surface area contributed by atoms with E-state index in [-0.39, 0.29) is 0 Å². The van der Waals surface area contributed by atoms with Crippen molar-refractivity contribution in [3.8, 4) is 11.4 Å². The lowest BCUT2D eigenvalue weighted by molar-refractivity contribution is 0.469. The number of tetrazole rings is 1. The number of nitrogens with two attached hydrogens (primary N) is 1. The third-order valence-corrected chi connectivity index (χ3v) is 2.67. The van der Waals surface area contributed by atoms with E-state index < -0.39 is 0 Å². The molecule has 2 aromatic rings. The van der Waals surface area contributed by atoms with Gasteiger partial charge in [-0.2, -0.15) is 0 Å². The molecule has 1 aromatic heterocycles. The summed E-state index contributed by atoms with van der Waals surface area (Å²) >= 11 is 0. The van der Waals surface area contributed by atoms with Crippen LogP contribution in [0.5, 0.6) is 0 Å². The van der Waals surface area contributed by atoms with Crippen molar-refractivity contribution >= 4 is 5.69 Å². The second kappa shape index (κ2) is 4.30. The molecule has 2 N–H and O–H groups in total. The molecule has 0 bridgehead atoms. The van der Waals surface area contributed by atoms with E-state index in [9.17, 15) is 0 Å². The first-order valence-corrected chi connectivity index (χ1v) is 5.36. The summed E-state index contributed by atoms with van der Waals surface area (Å²) in [6.07, 6.45) is 0.993. The lowest BCUT2D eigenvalue weighted by Gasteiger charge is -2.10. The molecular weight excluding hydrogens is 202 g/mol. The van der Waals surface area contributed by atoms with E-state index >= 15 is 0 Å². The Hall–Kier alpha value is -1.91. The Morgan fingerprint density at radius 3 is 2.62 bits per heavy atom. The minimum atomic E-state index is 0.294. The molecule has 0 saturated heterocycles. The summed E-state index contributed by atoms with van der Waals surface area (Å²) in [6.45, 7) is 4.20. The fourth-order valence-electron chi connectivity index (χ4n) is 1.49. The minimum Gasteiger partial charge on any atom is -0.399 e. The first-order chi connectivity index (χ1) is 7.72. The number of rotatable bonds is 3. The van der Waals surface area contributed by atoms with Gasteiger partial charge < -0.3 is 5.73 Å². The van der Waals surface area contributed by atoms with Crippen LogP contribution in [0.3, 0.4) is 0 Å². The van der Waals surface area contributed by atoms with Gasteiger partial charge in [0.25, 0.3) is 0 Å². The van der Waals surface area contributed by atoms with Gasteiger partial charge >= 0.3 is 0 Å². The monoisotopic (exact) mass is 217 g/mol. The number of aromatic nitrogens is 4. The summed E-state index contributed by atoms with van der Waals surface area (Å²) in [7, 11) is 0. The van der Waals surface area contributed by atoms with Gasteiger partial charge in [0.15, 0.2) is 5.82 Å². The second-order valence-electron chi connectivity index (χ2n) is 3.83. The van der Waals surface area contributed by atoms with Gasteiger partial charge in [-0.25, -0.2) is 4.68 Å². The van der Waals surface area contributed by atoms with Gasteiger partial charge in [0.2, 0.25) is 0 Å². The van der Waals surface area contributed by atoms with Gasteiger partial charge in [0, 0.05) is 11.3 Å². The molecule has 0 aliphatic heterocycles. The fourth-order valence-corrected chi connectivity index (χ4v) is 1.49. The molecule has 5 heteroatoms. The van der Waals surface area contributed by atoms with E-state index in [4.69, 9.17) is 5.73 Å². The van der Waals surface area contributed by atoms with Crippen molar-refractivity contribution in [1.82, 2.24) is 20.2 Å². The maximum atomic E-state index is 5.65. The third kappa shape index (κ3) is 1.88. The zero-order valence-electron chi connectivity index (χ0n) is 9.46. The topological polar surface area (TPSA) is 69.6 Å². The third-order valence-electron chi connectivity index (χ3n) is 2.67. The highest BCUT2D eigenvalue weighted by molar-refractivity contribution is 5.58. The normalized spacial score (nSPS) is 12.6. The fraction of sp³-hybridized carbons (Fsp3) is 0.364. The van der Waals surface area contributed by atoms with Gasteiger partial charge in [-0.1, -0.05) is 6.92 Å². The predicted octanol–water partition coefficient (Wildman–Crippen LogP) is 1.89. The molecule has 1 heterocycles. The molecule has 0 fully saturated rings. The lowest BCUT2D eigenvalue weighted by atomic mass is 10.2. The summed E-state index contributed by atoms with van der Waals surface area (Å²) in [5, 5.41) is 11.8. The molecule has 1 unspecified atom stereocenters. The number of nitrogens with zero attached hydrogens (tertiary/aromatic N) is 4. The average molecular weight is 217 g/mol. The quantitative estimate of drug-likeness (QED) is 0.797. The average Bonchev–Trinajstić information content (AvgIpc) is 2.78. The van der Waals surface area contributed by atoms with Gasteiger partial charge in [0.1, 0.15) is 0 Å². The van der Waals surface area contributed by atoms with Crippen LogP contribution in [0.25, 0.3) is 11.4 Å². The first kappa shape index (κ1) is 10.6. The van der Waals surface area contributed by atoms with Crippen LogP contribution >= 0.6 is 0 Å². The Morgan fingerprint density at radius 2 is 2.00 bits per heavy atom.